The molecule has 0 aliphatic heterocycles. The van der Waals surface area contributed by atoms with E-state index >= 15 is 0 Å². The van der Waals surface area contributed by atoms with Gasteiger partial charge in [-0.1, -0.05) is 16.7 Å². The van der Waals surface area contributed by atoms with Crippen LogP contribution in [0.5, 0.6) is 0 Å². The van der Waals surface area contributed by atoms with Crippen molar-refractivity contribution in [1.82, 2.24) is 10.3 Å². The van der Waals surface area contributed by atoms with Gasteiger partial charge in [-0.3, -0.25) is 5.32 Å². The first-order valence-electron chi connectivity index (χ1n) is 4.62. The van der Waals surface area contributed by atoms with E-state index < -0.39 is 12.0 Å². The van der Waals surface area contributed by atoms with Crippen LogP contribution in [-0.4, -0.2) is 31.2 Å². The molecule has 17 heavy (non-hydrogen) atoms. The molecule has 1 heterocycles. The van der Waals surface area contributed by atoms with E-state index in [4.69, 9.17) is 17.1 Å². The van der Waals surface area contributed by atoms with E-state index in [9.17, 15) is 4.79 Å². The summed E-state index contributed by atoms with van der Waals surface area (Å²) in [6.45, 7) is 0.587. The number of aromatic nitrogens is 1. The van der Waals surface area contributed by atoms with Crippen molar-refractivity contribution < 1.29 is 9.53 Å². The fourth-order valence-corrected chi connectivity index (χ4v) is 2.09. The molecule has 0 fully saturated rings. The Hall–Kier alpha value is -1.34. The summed E-state index contributed by atoms with van der Waals surface area (Å²) in [5, 5.41) is 6.75. The fraction of sp³-hybridized carbons (Fsp3) is 0.500. The minimum absolute atomic E-state index is 0.239. The summed E-state index contributed by atoms with van der Waals surface area (Å²) in [5.41, 5.74) is 8.12. The van der Waals surface area contributed by atoms with Gasteiger partial charge in [0, 0.05) is 18.0 Å². The molecule has 92 valence electrons. The number of nitrogens with one attached hydrogen (secondary N) is 1. The number of esters is 1. The minimum atomic E-state index is -0.689. The summed E-state index contributed by atoms with van der Waals surface area (Å²) in [6.07, 6.45) is 1.46. The third-order valence-electron chi connectivity index (χ3n) is 1.80. The second-order valence-electron chi connectivity index (χ2n) is 2.87. The number of hydrogen-bond donors (Lipinski definition) is 1. The summed E-state index contributed by atoms with van der Waals surface area (Å²) in [7, 11) is 1.29. The van der Waals surface area contributed by atoms with Gasteiger partial charge < -0.3 is 4.74 Å². The highest BCUT2D eigenvalue weighted by Gasteiger charge is 2.23. The standard InChI is InChI=1S/C8H10ClN5O2S/c1-16-8(15)6(11-2-3-13-14-10)7-12-4-5(9)17-7/h4,6,11H,2-3H2,1H3. The van der Waals surface area contributed by atoms with Crippen LogP contribution in [-0.2, 0) is 9.53 Å². The maximum absolute atomic E-state index is 11.5. The molecule has 1 N–H and O–H groups in total. The Morgan fingerprint density at radius 2 is 2.65 bits per heavy atom. The zero-order chi connectivity index (χ0) is 12.7. The summed E-state index contributed by atoms with van der Waals surface area (Å²) in [5.74, 6) is -0.461. The van der Waals surface area contributed by atoms with Crippen molar-refractivity contribution in [3.63, 3.8) is 0 Å². The molecule has 0 amide bonds. The Labute approximate surface area is 106 Å². The number of azide groups is 1. The molecular weight excluding hydrogens is 266 g/mol. The first kappa shape index (κ1) is 13.7. The first-order chi connectivity index (χ1) is 8.19. The molecular formula is C8H10ClN5O2S. The van der Waals surface area contributed by atoms with Gasteiger partial charge in [0.15, 0.2) is 6.04 Å². The number of hydrogen-bond acceptors (Lipinski definition) is 6. The van der Waals surface area contributed by atoms with E-state index in [0.717, 1.165) is 0 Å². The van der Waals surface area contributed by atoms with Gasteiger partial charge in [0.25, 0.3) is 0 Å². The third-order valence-corrected chi connectivity index (χ3v) is 2.98. The summed E-state index contributed by atoms with van der Waals surface area (Å²) >= 11 is 6.94. The van der Waals surface area contributed by atoms with Gasteiger partial charge in [-0.2, -0.15) is 0 Å². The molecule has 1 atom stereocenters. The van der Waals surface area contributed by atoms with E-state index in [1.54, 1.807) is 0 Å². The largest absolute Gasteiger partial charge is 0.468 e. The van der Waals surface area contributed by atoms with Crippen LogP contribution in [0, 0.1) is 0 Å². The summed E-state index contributed by atoms with van der Waals surface area (Å²) in [6, 6.07) is -0.689. The van der Waals surface area contributed by atoms with Crippen LogP contribution in [0.1, 0.15) is 11.0 Å². The van der Waals surface area contributed by atoms with Crippen molar-refractivity contribution >= 4 is 28.9 Å². The molecule has 0 aromatic carbocycles. The first-order valence-corrected chi connectivity index (χ1v) is 5.81. The predicted molar refractivity (Wildman–Crippen MR) is 63.9 cm³/mol. The number of carbonyl (C=O) groups is 1. The molecule has 1 rings (SSSR count). The molecule has 0 aliphatic rings. The molecule has 0 aliphatic carbocycles. The van der Waals surface area contributed by atoms with E-state index in [1.807, 2.05) is 0 Å². The van der Waals surface area contributed by atoms with Gasteiger partial charge in [-0.25, -0.2) is 9.78 Å². The lowest BCUT2D eigenvalue weighted by Gasteiger charge is -2.12. The highest BCUT2D eigenvalue weighted by atomic mass is 35.5. The number of rotatable bonds is 6. The molecule has 1 unspecified atom stereocenters. The number of halogens is 1. The van der Waals surface area contributed by atoms with Crippen molar-refractivity contribution in [1.29, 1.82) is 0 Å². The van der Waals surface area contributed by atoms with Crippen LogP contribution in [0.25, 0.3) is 10.4 Å². The molecule has 1 aromatic heterocycles. The average Bonchev–Trinajstić information content (AvgIpc) is 2.75. The monoisotopic (exact) mass is 275 g/mol. The van der Waals surface area contributed by atoms with E-state index in [-0.39, 0.29) is 6.54 Å². The Balaban J connectivity index is 2.67. The number of thiazole rings is 1. The van der Waals surface area contributed by atoms with Crippen LogP contribution in [0.15, 0.2) is 11.3 Å². The van der Waals surface area contributed by atoms with Crippen molar-refractivity contribution in [2.45, 2.75) is 6.04 Å². The zero-order valence-corrected chi connectivity index (χ0v) is 10.5. The van der Waals surface area contributed by atoms with Crippen LogP contribution in [0.4, 0.5) is 0 Å². The lowest BCUT2D eigenvalue weighted by Crippen LogP contribution is -2.31. The number of ether oxygens (including phenoxy) is 1. The fourth-order valence-electron chi connectivity index (χ4n) is 1.09. The summed E-state index contributed by atoms with van der Waals surface area (Å²) in [4.78, 5) is 18.1. The molecule has 0 saturated carbocycles. The molecule has 0 spiro atoms. The average molecular weight is 276 g/mol. The number of methoxy groups -OCH3 is 1. The maximum Gasteiger partial charge on any atom is 0.330 e. The molecule has 0 radical (unpaired) electrons. The van der Waals surface area contributed by atoms with Crippen LogP contribution in [0.2, 0.25) is 4.34 Å². The lowest BCUT2D eigenvalue weighted by atomic mass is 10.3. The maximum atomic E-state index is 11.5. The van der Waals surface area contributed by atoms with Crippen molar-refractivity contribution in [3.8, 4) is 0 Å². The van der Waals surface area contributed by atoms with Gasteiger partial charge >= 0.3 is 5.97 Å². The van der Waals surface area contributed by atoms with E-state index in [1.165, 1.54) is 24.6 Å². The number of nitrogens with zero attached hydrogens (tertiary/aromatic N) is 4. The molecule has 9 heteroatoms. The van der Waals surface area contributed by atoms with Gasteiger partial charge in [0.1, 0.15) is 9.34 Å². The topological polar surface area (TPSA) is 100.0 Å². The third kappa shape index (κ3) is 4.20. The van der Waals surface area contributed by atoms with Gasteiger partial charge in [-0.05, 0) is 5.53 Å². The van der Waals surface area contributed by atoms with Gasteiger partial charge in [0.05, 0.1) is 13.3 Å². The predicted octanol–water partition coefficient (Wildman–Crippen LogP) is 1.91. The zero-order valence-electron chi connectivity index (χ0n) is 8.96. The second kappa shape index (κ2) is 7.08. The van der Waals surface area contributed by atoms with Crippen LogP contribution in [0.3, 0.4) is 0 Å². The summed E-state index contributed by atoms with van der Waals surface area (Å²) < 4.78 is 5.14. The lowest BCUT2D eigenvalue weighted by molar-refractivity contribution is -0.143. The van der Waals surface area contributed by atoms with Gasteiger partial charge in [-0.15, -0.1) is 11.3 Å². The minimum Gasteiger partial charge on any atom is -0.468 e. The van der Waals surface area contributed by atoms with Crippen molar-refractivity contribution in [2.75, 3.05) is 20.2 Å². The molecule has 0 bridgehead atoms. The quantitative estimate of drug-likeness (QED) is 0.282. The Morgan fingerprint density at radius 1 is 1.88 bits per heavy atom. The highest BCUT2D eigenvalue weighted by molar-refractivity contribution is 7.16. The molecule has 7 nitrogen and oxygen atoms in total. The highest BCUT2D eigenvalue weighted by Crippen LogP contribution is 2.24. The Bertz CT molecular complexity index is 431. The SMILES string of the molecule is COC(=O)C(NCCN=[N+]=[N-])c1ncc(Cl)s1. The van der Waals surface area contributed by atoms with Gasteiger partial charge in [0.2, 0.25) is 0 Å². The van der Waals surface area contributed by atoms with Crippen LogP contribution >= 0.6 is 22.9 Å². The second-order valence-corrected chi connectivity index (χ2v) is 4.56. The Kier molecular flexibility index (Phi) is 5.71. The molecule has 1 aromatic rings. The molecule has 0 saturated heterocycles. The number of carbonyl (C=O) groups excluding carboxylic acids is 1. The normalized spacial score (nSPS) is 11.6. The van der Waals surface area contributed by atoms with E-state index in [0.29, 0.717) is 15.9 Å². The van der Waals surface area contributed by atoms with Crippen molar-refractivity contribution in [2.24, 2.45) is 5.11 Å². The van der Waals surface area contributed by atoms with Crippen molar-refractivity contribution in [3.05, 3.63) is 26.0 Å². The van der Waals surface area contributed by atoms with Crippen LogP contribution < -0.4 is 5.32 Å². The van der Waals surface area contributed by atoms with E-state index in [2.05, 4.69) is 25.1 Å². The Morgan fingerprint density at radius 3 is 3.18 bits per heavy atom. The smallest absolute Gasteiger partial charge is 0.330 e.